The molecule has 13 nitrogen and oxygen atoms in total. The summed E-state index contributed by atoms with van der Waals surface area (Å²) in [6.07, 6.45) is 3.84. The van der Waals surface area contributed by atoms with E-state index in [0.29, 0.717) is 23.6 Å². The molecule has 0 bridgehead atoms. The number of nitrogens with one attached hydrogen (secondary N) is 2. The lowest BCUT2D eigenvalue weighted by Crippen LogP contribution is -2.71. The van der Waals surface area contributed by atoms with Crippen LogP contribution >= 0.6 is 58.2 Å². The van der Waals surface area contributed by atoms with Gasteiger partial charge < -0.3 is 26.7 Å². The SMILES string of the molecule is Nc1nc(/C(=N/O)C(=O)N[C@@H]2C(=O)N3C(C(=O)O)=C(Sc4ccncc4SCCNC=O)CS[C@@H]23)c(Cl)s1. The number of carboxylic acid groups (broad SMARTS) is 1. The fraction of sp³-hybridized carbons (Fsp3) is 0.250. The number of oxime groups is 1. The molecule has 2 aromatic heterocycles. The lowest BCUT2D eigenvalue weighted by molar-refractivity contribution is -0.150. The fourth-order valence-corrected chi connectivity index (χ4v) is 7.99. The number of carboxylic acids is 1. The number of β-lactam (4-membered cyclic amide) rings is 1. The molecule has 1 fully saturated rings. The molecule has 0 saturated carbocycles. The Morgan fingerprint density at radius 3 is 2.84 bits per heavy atom. The van der Waals surface area contributed by atoms with Crippen molar-refractivity contribution in [2.75, 3.05) is 23.8 Å². The monoisotopic (exact) mass is 615 g/mol. The third kappa shape index (κ3) is 5.70. The van der Waals surface area contributed by atoms with Crippen LogP contribution in [-0.2, 0) is 19.2 Å². The quantitative estimate of drug-likeness (QED) is 0.0462. The minimum atomic E-state index is -1.28. The van der Waals surface area contributed by atoms with Crippen LogP contribution < -0.4 is 16.4 Å². The van der Waals surface area contributed by atoms with Gasteiger partial charge in [-0.25, -0.2) is 9.78 Å². The normalized spacial score (nSPS) is 19.0. The van der Waals surface area contributed by atoms with Gasteiger partial charge in [0, 0.05) is 45.1 Å². The Labute approximate surface area is 236 Å². The number of rotatable bonds is 11. The van der Waals surface area contributed by atoms with E-state index in [2.05, 4.69) is 25.8 Å². The van der Waals surface area contributed by atoms with Gasteiger partial charge in [-0.15, -0.1) is 23.5 Å². The number of carbonyl (C=O) groups excluding carboxylic acids is 3. The summed E-state index contributed by atoms with van der Waals surface area (Å²) < 4.78 is 0.0328. The lowest BCUT2D eigenvalue weighted by atomic mass is 10.0. The molecule has 1 saturated heterocycles. The Balaban J connectivity index is 1.51. The van der Waals surface area contributed by atoms with Gasteiger partial charge in [-0.3, -0.25) is 24.3 Å². The van der Waals surface area contributed by atoms with Crippen molar-refractivity contribution < 1.29 is 29.5 Å². The second-order valence-electron chi connectivity index (χ2n) is 7.41. The second-order valence-corrected chi connectivity index (χ2v) is 12.4. The number of hydrogen-bond donors (Lipinski definition) is 5. The lowest BCUT2D eigenvalue weighted by Gasteiger charge is -2.49. The van der Waals surface area contributed by atoms with Crippen LogP contribution in [0.25, 0.3) is 0 Å². The van der Waals surface area contributed by atoms with Gasteiger partial charge in [-0.2, -0.15) is 0 Å². The minimum absolute atomic E-state index is 0.0328. The molecule has 2 aromatic rings. The van der Waals surface area contributed by atoms with E-state index in [1.807, 2.05) is 0 Å². The smallest absolute Gasteiger partial charge is 0.353 e. The third-order valence-electron chi connectivity index (χ3n) is 5.13. The topological polar surface area (TPSA) is 200 Å². The molecule has 2 atom stereocenters. The van der Waals surface area contributed by atoms with Gasteiger partial charge in [0.1, 0.15) is 27.1 Å². The zero-order valence-corrected chi connectivity index (χ0v) is 23.0. The van der Waals surface area contributed by atoms with Gasteiger partial charge in [-0.05, 0) is 6.07 Å². The van der Waals surface area contributed by atoms with Crippen LogP contribution in [0.5, 0.6) is 0 Å². The first-order valence-electron chi connectivity index (χ1n) is 10.5. The predicted molar refractivity (Wildman–Crippen MR) is 144 cm³/mol. The van der Waals surface area contributed by atoms with Crippen LogP contribution in [0.1, 0.15) is 5.69 Å². The summed E-state index contributed by atoms with van der Waals surface area (Å²) in [5.41, 5.74) is 4.76. The number of fused-ring (bicyclic) bond motifs is 1. The Morgan fingerprint density at radius 2 is 2.18 bits per heavy atom. The van der Waals surface area contributed by atoms with E-state index in [4.69, 9.17) is 17.3 Å². The minimum Gasteiger partial charge on any atom is -0.477 e. The van der Waals surface area contributed by atoms with Crippen molar-refractivity contribution in [2.45, 2.75) is 21.2 Å². The highest BCUT2D eigenvalue weighted by Gasteiger charge is 2.54. The van der Waals surface area contributed by atoms with Crippen molar-refractivity contribution in [2.24, 2.45) is 5.16 Å². The van der Waals surface area contributed by atoms with E-state index in [9.17, 15) is 29.5 Å². The number of aliphatic carboxylic acids is 1. The third-order valence-corrected chi connectivity index (χ3v) is 10.0. The van der Waals surface area contributed by atoms with Gasteiger partial charge in [-0.1, -0.05) is 39.9 Å². The van der Waals surface area contributed by atoms with Crippen LogP contribution in [0.15, 0.2) is 44.0 Å². The van der Waals surface area contributed by atoms with E-state index < -0.39 is 34.9 Å². The molecular weight excluding hydrogens is 598 g/mol. The zero-order valence-electron chi connectivity index (χ0n) is 19.0. The highest BCUT2D eigenvalue weighted by molar-refractivity contribution is 8.07. The van der Waals surface area contributed by atoms with Gasteiger partial charge in [0.25, 0.3) is 11.8 Å². The summed E-state index contributed by atoms with van der Waals surface area (Å²) in [7, 11) is 0. The summed E-state index contributed by atoms with van der Waals surface area (Å²) in [6, 6.07) is 0.688. The fourth-order valence-electron chi connectivity index (χ4n) is 3.51. The number of thioether (sulfide) groups is 3. The van der Waals surface area contributed by atoms with Crippen molar-refractivity contribution in [1.82, 2.24) is 25.5 Å². The highest BCUT2D eigenvalue weighted by Crippen LogP contribution is 2.46. The van der Waals surface area contributed by atoms with E-state index in [0.717, 1.165) is 26.0 Å². The maximum absolute atomic E-state index is 13.0. The standard InChI is InChI=1S/C20H18ClN7O6S4/c21-15-11(26-20(22)38-15)12(27-34)16(30)25-13-17(31)28-14(19(32)33)10(6-36-18(13)28)37-8-1-2-23-5-9(8)35-4-3-24-7-29/h1-2,5,7,13,18,34H,3-4,6H2,(H2,22,26)(H,24,29)(H,25,30)(H,32,33)/b27-12-/t13-,18+/m1/s1. The molecule has 2 aliphatic rings. The number of anilines is 1. The summed E-state index contributed by atoms with van der Waals surface area (Å²) >= 11 is 10.8. The first-order chi connectivity index (χ1) is 18.3. The molecular formula is C20H18ClN7O6S4. The van der Waals surface area contributed by atoms with E-state index in [1.165, 1.54) is 35.3 Å². The molecule has 0 aromatic carbocycles. The first kappa shape index (κ1) is 28.0. The molecule has 0 spiro atoms. The zero-order chi connectivity index (χ0) is 27.4. The maximum atomic E-state index is 13.0. The van der Waals surface area contributed by atoms with E-state index in [-0.39, 0.29) is 26.6 Å². The first-order valence-corrected chi connectivity index (χ1v) is 14.6. The van der Waals surface area contributed by atoms with Gasteiger partial charge >= 0.3 is 5.97 Å². The average molecular weight is 616 g/mol. The second kappa shape index (κ2) is 12.2. The van der Waals surface area contributed by atoms with Crippen LogP contribution in [0.4, 0.5) is 5.13 Å². The number of nitrogens with two attached hydrogens (primary N) is 1. The van der Waals surface area contributed by atoms with Gasteiger partial charge in [0.05, 0.1) is 0 Å². The Bertz CT molecular complexity index is 1350. The number of aromatic nitrogens is 2. The van der Waals surface area contributed by atoms with E-state index >= 15 is 0 Å². The molecule has 6 N–H and O–H groups in total. The average Bonchev–Trinajstić information content (AvgIpc) is 3.23. The van der Waals surface area contributed by atoms with Crippen molar-refractivity contribution >= 4 is 93.3 Å². The Hall–Kier alpha value is -2.99. The molecule has 3 amide bonds. The van der Waals surface area contributed by atoms with Crippen molar-refractivity contribution in [1.29, 1.82) is 0 Å². The molecule has 4 heterocycles. The molecule has 18 heteroatoms. The molecule has 0 aliphatic carbocycles. The number of halogens is 1. The van der Waals surface area contributed by atoms with Gasteiger partial charge in [0.2, 0.25) is 6.41 Å². The van der Waals surface area contributed by atoms with Crippen LogP contribution in [0.3, 0.4) is 0 Å². The number of nitrogen functional groups attached to an aromatic ring is 1. The van der Waals surface area contributed by atoms with Crippen LogP contribution in [-0.4, -0.2) is 84.6 Å². The number of carbonyl (C=O) groups is 4. The molecule has 0 unspecified atom stereocenters. The molecule has 38 heavy (non-hydrogen) atoms. The molecule has 0 radical (unpaired) electrons. The Morgan fingerprint density at radius 1 is 1.39 bits per heavy atom. The number of thiazole rings is 1. The number of pyridine rings is 1. The number of hydrogen-bond acceptors (Lipinski definition) is 13. The molecule has 4 rings (SSSR count). The summed E-state index contributed by atoms with van der Waals surface area (Å²) in [5, 5.41) is 26.7. The Kier molecular flexibility index (Phi) is 9.03. The summed E-state index contributed by atoms with van der Waals surface area (Å²) in [5.74, 6) is -1.97. The predicted octanol–water partition coefficient (Wildman–Crippen LogP) is 1.28. The summed E-state index contributed by atoms with van der Waals surface area (Å²) in [4.78, 5) is 59.6. The van der Waals surface area contributed by atoms with Gasteiger partial charge in [0.15, 0.2) is 10.8 Å². The molecule has 2 aliphatic heterocycles. The van der Waals surface area contributed by atoms with Crippen molar-refractivity contribution in [3.05, 3.63) is 39.1 Å². The van der Waals surface area contributed by atoms with Crippen molar-refractivity contribution in [3.63, 3.8) is 0 Å². The van der Waals surface area contributed by atoms with Crippen LogP contribution in [0.2, 0.25) is 4.34 Å². The highest BCUT2D eigenvalue weighted by atomic mass is 35.5. The maximum Gasteiger partial charge on any atom is 0.353 e. The van der Waals surface area contributed by atoms with E-state index in [1.54, 1.807) is 18.5 Å². The summed E-state index contributed by atoms with van der Waals surface area (Å²) in [6.45, 7) is 0.452. The number of amides is 3. The molecule has 200 valence electrons. The number of nitrogens with zero attached hydrogens (tertiary/aromatic N) is 4. The largest absolute Gasteiger partial charge is 0.477 e. The van der Waals surface area contributed by atoms with Crippen molar-refractivity contribution in [3.8, 4) is 0 Å². The van der Waals surface area contributed by atoms with Crippen LogP contribution in [0, 0.1) is 0 Å².